The molecule has 1 aromatic rings. The summed E-state index contributed by atoms with van der Waals surface area (Å²) in [5.74, 6) is -0.237. The van der Waals surface area contributed by atoms with Crippen LogP contribution in [0.5, 0.6) is 11.5 Å². The Morgan fingerprint density at radius 2 is 2.31 bits per heavy atom. The van der Waals surface area contributed by atoms with E-state index in [-0.39, 0.29) is 23.9 Å². The molecule has 0 heterocycles. The second-order valence-electron chi connectivity index (χ2n) is 2.41. The Balaban J connectivity index is 2.89. The minimum absolute atomic E-state index is 0.0516. The maximum absolute atomic E-state index is 10.9. The van der Waals surface area contributed by atoms with Gasteiger partial charge < -0.3 is 9.84 Å². The molecular formula is C9H9BrO3. The zero-order chi connectivity index (χ0) is 9.84. The number of phenolic OH excluding ortho intramolecular Hbond substituents is 1. The molecule has 0 radical (unpaired) electrons. The Bertz CT molecular complexity index is 323. The van der Waals surface area contributed by atoms with E-state index in [1.807, 2.05) is 0 Å². The minimum Gasteiger partial charge on any atom is -0.503 e. The van der Waals surface area contributed by atoms with E-state index in [0.717, 1.165) is 0 Å². The monoisotopic (exact) mass is 244 g/mol. The maximum Gasteiger partial charge on any atom is 0.311 e. The fraction of sp³-hybridized carbons (Fsp3) is 0.222. The lowest BCUT2D eigenvalue weighted by Crippen LogP contribution is -2.05. The number of halogens is 1. The Hall–Kier alpha value is -1.03. The van der Waals surface area contributed by atoms with Crippen LogP contribution in [0.2, 0.25) is 0 Å². The summed E-state index contributed by atoms with van der Waals surface area (Å²) < 4.78 is 5.36. The molecule has 0 saturated heterocycles. The Morgan fingerprint density at radius 3 is 2.92 bits per heavy atom. The van der Waals surface area contributed by atoms with Crippen LogP contribution >= 0.6 is 15.9 Å². The van der Waals surface area contributed by atoms with Crippen molar-refractivity contribution in [3.8, 4) is 11.5 Å². The second kappa shape index (κ2) is 4.28. The van der Waals surface area contributed by atoms with Crippen molar-refractivity contribution in [3.63, 3.8) is 0 Å². The van der Waals surface area contributed by atoms with Gasteiger partial charge in [0.2, 0.25) is 0 Å². The van der Waals surface area contributed by atoms with Crippen LogP contribution in [0, 0.1) is 0 Å². The molecule has 3 nitrogen and oxygen atoms in total. The molecule has 0 atom stereocenters. The molecule has 4 heteroatoms. The van der Waals surface area contributed by atoms with E-state index in [1.54, 1.807) is 19.1 Å². The van der Waals surface area contributed by atoms with Gasteiger partial charge in [-0.25, -0.2) is 0 Å². The lowest BCUT2D eigenvalue weighted by atomic mass is 10.3. The van der Waals surface area contributed by atoms with E-state index in [0.29, 0.717) is 4.47 Å². The van der Waals surface area contributed by atoms with Gasteiger partial charge in [-0.3, -0.25) is 4.79 Å². The van der Waals surface area contributed by atoms with Crippen molar-refractivity contribution >= 4 is 21.9 Å². The molecule has 0 aliphatic carbocycles. The average Bonchev–Trinajstić information content (AvgIpc) is 2.13. The topological polar surface area (TPSA) is 46.5 Å². The molecule has 1 N–H and O–H groups in total. The summed E-state index contributed by atoms with van der Waals surface area (Å²) in [5.41, 5.74) is 0. The third-order valence-corrected chi connectivity index (χ3v) is 2.10. The van der Waals surface area contributed by atoms with Crippen molar-refractivity contribution in [2.75, 3.05) is 0 Å². The van der Waals surface area contributed by atoms with Crippen LogP contribution in [0.4, 0.5) is 0 Å². The van der Waals surface area contributed by atoms with Crippen molar-refractivity contribution in [3.05, 3.63) is 22.7 Å². The van der Waals surface area contributed by atoms with E-state index in [2.05, 4.69) is 15.9 Å². The van der Waals surface area contributed by atoms with Crippen LogP contribution in [-0.4, -0.2) is 11.1 Å². The molecule has 0 saturated carbocycles. The van der Waals surface area contributed by atoms with Gasteiger partial charge in [-0.05, 0) is 28.1 Å². The fourth-order valence-electron chi connectivity index (χ4n) is 0.773. The Labute approximate surface area is 84.5 Å². The maximum atomic E-state index is 10.9. The molecule has 70 valence electrons. The van der Waals surface area contributed by atoms with Crippen molar-refractivity contribution in [2.24, 2.45) is 0 Å². The number of carbonyl (C=O) groups is 1. The van der Waals surface area contributed by atoms with Crippen molar-refractivity contribution in [2.45, 2.75) is 13.3 Å². The van der Waals surface area contributed by atoms with Gasteiger partial charge in [-0.2, -0.15) is 0 Å². The molecule has 0 spiro atoms. The van der Waals surface area contributed by atoms with E-state index < -0.39 is 0 Å². The lowest BCUT2D eigenvalue weighted by Gasteiger charge is -2.05. The van der Waals surface area contributed by atoms with Gasteiger partial charge in [0, 0.05) is 6.42 Å². The first-order valence-corrected chi connectivity index (χ1v) is 4.62. The normalized spacial score (nSPS) is 9.69. The molecule has 1 aromatic carbocycles. The first-order valence-electron chi connectivity index (χ1n) is 3.83. The number of aromatic hydroxyl groups is 1. The van der Waals surface area contributed by atoms with Crippen molar-refractivity contribution < 1.29 is 14.6 Å². The number of benzene rings is 1. The lowest BCUT2D eigenvalue weighted by molar-refractivity contribution is -0.134. The highest BCUT2D eigenvalue weighted by Crippen LogP contribution is 2.33. The molecule has 0 amide bonds. The zero-order valence-corrected chi connectivity index (χ0v) is 8.67. The van der Waals surface area contributed by atoms with Crippen LogP contribution in [0.15, 0.2) is 22.7 Å². The predicted octanol–water partition coefficient (Wildman–Crippen LogP) is 2.47. The summed E-state index contributed by atoms with van der Waals surface area (Å²) in [4.78, 5) is 10.9. The summed E-state index contributed by atoms with van der Waals surface area (Å²) in [6.45, 7) is 1.69. The highest BCUT2D eigenvalue weighted by molar-refractivity contribution is 9.10. The van der Waals surface area contributed by atoms with E-state index >= 15 is 0 Å². The number of hydrogen-bond acceptors (Lipinski definition) is 3. The number of hydrogen-bond donors (Lipinski definition) is 1. The smallest absolute Gasteiger partial charge is 0.311 e. The first-order chi connectivity index (χ1) is 6.15. The highest BCUT2D eigenvalue weighted by Gasteiger charge is 2.08. The number of para-hydroxylation sites is 1. The molecule has 0 aliphatic heterocycles. The summed E-state index contributed by atoms with van der Waals surface area (Å²) in [6, 6.07) is 4.88. The number of phenols is 1. The van der Waals surface area contributed by atoms with Crippen LogP contribution in [-0.2, 0) is 4.79 Å². The Morgan fingerprint density at radius 1 is 1.62 bits per heavy atom. The second-order valence-corrected chi connectivity index (χ2v) is 3.27. The molecule has 0 unspecified atom stereocenters. The summed E-state index contributed by atoms with van der Waals surface area (Å²) in [6.07, 6.45) is 0.284. The van der Waals surface area contributed by atoms with Crippen LogP contribution in [0.25, 0.3) is 0 Å². The van der Waals surface area contributed by atoms with E-state index in [9.17, 15) is 9.90 Å². The molecule has 13 heavy (non-hydrogen) atoms. The molecule has 1 rings (SSSR count). The predicted molar refractivity (Wildman–Crippen MR) is 51.7 cm³/mol. The van der Waals surface area contributed by atoms with E-state index in [4.69, 9.17) is 4.74 Å². The highest BCUT2D eigenvalue weighted by atomic mass is 79.9. The van der Waals surface area contributed by atoms with Gasteiger partial charge >= 0.3 is 5.97 Å². The third kappa shape index (κ3) is 2.45. The van der Waals surface area contributed by atoms with E-state index in [1.165, 1.54) is 6.07 Å². The number of esters is 1. The number of ether oxygens (including phenoxy) is 1. The van der Waals surface area contributed by atoms with Crippen LogP contribution in [0.1, 0.15) is 13.3 Å². The molecule has 0 aromatic heterocycles. The summed E-state index contributed by atoms with van der Waals surface area (Å²) in [5, 5.41) is 9.42. The SMILES string of the molecule is CCC(=O)Oc1cccc(Br)c1O. The van der Waals surface area contributed by atoms with Gasteiger partial charge in [0.05, 0.1) is 4.47 Å². The van der Waals surface area contributed by atoms with Gasteiger partial charge in [-0.15, -0.1) is 0 Å². The fourth-order valence-corrected chi connectivity index (χ4v) is 1.12. The van der Waals surface area contributed by atoms with Crippen molar-refractivity contribution in [1.29, 1.82) is 0 Å². The third-order valence-electron chi connectivity index (χ3n) is 1.46. The Kier molecular flexibility index (Phi) is 3.31. The standard InChI is InChI=1S/C9H9BrO3/c1-2-8(11)13-7-5-3-4-6(10)9(7)12/h3-5,12H,2H2,1H3. The van der Waals surface area contributed by atoms with Gasteiger partial charge in [0.15, 0.2) is 11.5 Å². The summed E-state index contributed by atoms with van der Waals surface area (Å²) in [7, 11) is 0. The molecule has 0 aliphatic rings. The van der Waals surface area contributed by atoms with Gasteiger partial charge in [-0.1, -0.05) is 13.0 Å². The average molecular weight is 245 g/mol. The number of rotatable bonds is 2. The van der Waals surface area contributed by atoms with Crippen LogP contribution < -0.4 is 4.74 Å². The molecule has 0 fully saturated rings. The van der Waals surface area contributed by atoms with Gasteiger partial charge in [0.1, 0.15) is 0 Å². The first kappa shape index (κ1) is 10.1. The largest absolute Gasteiger partial charge is 0.503 e. The van der Waals surface area contributed by atoms with Crippen molar-refractivity contribution in [1.82, 2.24) is 0 Å². The molecular weight excluding hydrogens is 236 g/mol. The number of carbonyl (C=O) groups excluding carboxylic acids is 1. The quantitative estimate of drug-likeness (QED) is 0.643. The van der Waals surface area contributed by atoms with Gasteiger partial charge in [0.25, 0.3) is 0 Å². The minimum atomic E-state index is -0.367. The zero-order valence-electron chi connectivity index (χ0n) is 7.08. The summed E-state index contributed by atoms with van der Waals surface area (Å²) >= 11 is 3.12. The molecule has 0 bridgehead atoms. The van der Waals surface area contributed by atoms with Crippen LogP contribution in [0.3, 0.4) is 0 Å².